The van der Waals surface area contributed by atoms with E-state index in [1.165, 1.54) is 0 Å². The summed E-state index contributed by atoms with van der Waals surface area (Å²) in [5, 5.41) is 14.8. The normalized spacial score (nSPS) is 13.6. The number of likely N-dealkylation sites (tertiary alicyclic amines) is 1. The molecule has 4 rings (SSSR count). The summed E-state index contributed by atoms with van der Waals surface area (Å²) in [7, 11) is 0. The lowest BCUT2D eigenvalue weighted by Crippen LogP contribution is -2.28. The van der Waals surface area contributed by atoms with Crippen molar-refractivity contribution in [2.75, 3.05) is 13.1 Å². The maximum Gasteiger partial charge on any atom is 0.255 e. The number of carbonyl (C=O) groups is 2. The van der Waals surface area contributed by atoms with Gasteiger partial charge in [-0.2, -0.15) is 0 Å². The quantitative estimate of drug-likeness (QED) is 0.731. The molecule has 3 aromatic rings. The van der Waals surface area contributed by atoms with Crippen LogP contribution < -0.4 is 5.32 Å². The van der Waals surface area contributed by atoms with E-state index in [4.69, 9.17) is 0 Å². The molecule has 2 N–H and O–H groups in total. The first-order valence-corrected chi connectivity index (χ1v) is 9.50. The summed E-state index contributed by atoms with van der Waals surface area (Å²) < 4.78 is 0. The summed E-state index contributed by atoms with van der Waals surface area (Å²) in [6, 6.07) is 18.2. The van der Waals surface area contributed by atoms with Crippen LogP contribution in [0.1, 0.15) is 39.1 Å². The van der Waals surface area contributed by atoms with Gasteiger partial charge in [0.15, 0.2) is 0 Å². The molecule has 0 saturated carbocycles. The van der Waals surface area contributed by atoms with Gasteiger partial charge in [-0.3, -0.25) is 9.59 Å². The summed E-state index contributed by atoms with van der Waals surface area (Å²) in [4.78, 5) is 27.0. The number of nitrogens with zero attached hydrogens (tertiary/aromatic N) is 1. The van der Waals surface area contributed by atoms with Gasteiger partial charge in [-0.05, 0) is 53.4 Å². The molecule has 1 saturated heterocycles. The SMILES string of the molecule is O=C(NCc1cccc(C(=O)N2CCCC2)c1)c1cc2ccccc2cc1O. The van der Waals surface area contributed by atoms with Crippen molar-refractivity contribution in [3.8, 4) is 5.75 Å². The van der Waals surface area contributed by atoms with Crippen molar-refractivity contribution in [2.45, 2.75) is 19.4 Å². The molecule has 0 aliphatic carbocycles. The lowest BCUT2D eigenvalue weighted by atomic mass is 10.1. The van der Waals surface area contributed by atoms with Crippen LogP contribution in [0.4, 0.5) is 0 Å². The largest absolute Gasteiger partial charge is 0.507 e. The molecule has 3 aromatic carbocycles. The number of carbonyl (C=O) groups excluding carboxylic acids is 2. The minimum absolute atomic E-state index is 0.0397. The van der Waals surface area contributed by atoms with Gasteiger partial charge in [0.05, 0.1) is 5.56 Å². The lowest BCUT2D eigenvalue weighted by molar-refractivity contribution is 0.0792. The van der Waals surface area contributed by atoms with Crippen LogP contribution in [-0.2, 0) is 6.54 Å². The zero-order valence-electron chi connectivity index (χ0n) is 15.5. The zero-order valence-corrected chi connectivity index (χ0v) is 15.5. The highest BCUT2D eigenvalue weighted by atomic mass is 16.3. The zero-order chi connectivity index (χ0) is 19.5. The standard InChI is InChI=1S/C23H22N2O3/c26-21-14-18-8-2-1-7-17(18)13-20(21)22(27)24-15-16-6-5-9-19(12-16)23(28)25-10-3-4-11-25/h1-2,5-9,12-14,26H,3-4,10-11,15H2,(H,24,27). The Hall–Kier alpha value is -3.34. The molecule has 0 aromatic heterocycles. The topological polar surface area (TPSA) is 69.6 Å². The number of rotatable bonds is 4. The summed E-state index contributed by atoms with van der Waals surface area (Å²) >= 11 is 0. The van der Waals surface area contributed by atoms with Crippen LogP contribution in [-0.4, -0.2) is 34.9 Å². The van der Waals surface area contributed by atoms with E-state index in [-0.39, 0.29) is 29.7 Å². The molecule has 1 aliphatic rings. The summed E-state index contributed by atoms with van der Waals surface area (Å²) in [5.74, 6) is -0.355. The third kappa shape index (κ3) is 3.69. The minimum atomic E-state index is -0.348. The molecule has 0 bridgehead atoms. The highest BCUT2D eigenvalue weighted by molar-refractivity contribution is 6.01. The fourth-order valence-corrected chi connectivity index (χ4v) is 3.60. The van der Waals surface area contributed by atoms with Crippen molar-refractivity contribution >= 4 is 22.6 Å². The number of hydrogen-bond donors (Lipinski definition) is 2. The Morgan fingerprint density at radius 3 is 2.39 bits per heavy atom. The molecule has 142 valence electrons. The van der Waals surface area contributed by atoms with E-state index >= 15 is 0 Å². The van der Waals surface area contributed by atoms with Crippen molar-refractivity contribution in [3.05, 3.63) is 77.4 Å². The maximum atomic E-state index is 12.6. The molecule has 2 amide bonds. The Bertz CT molecular complexity index is 1040. The van der Waals surface area contributed by atoms with Crippen LogP contribution >= 0.6 is 0 Å². The molecular weight excluding hydrogens is 352 g/mol. The van der Waals surface area contributed by atoms with Gasteiger partial charge < -0.3 is 15.3 Å². The van der Waals surface area contributed by atoms with Crippen LogP contribution in [0.2, 0.25) is 0 Å². The first kappa shape index (κ1) is 18.0. The molecule has 0 atom stereocenters. The minimum Gasteiger partial charge on any atom is -0.507 e. The fraction of sp³-hybridized carbons (Fsp3) is 0.217. The second kappa shape index (κ2) is 7.72. The third-order valence-corrected chi connectivity index (χ3v) is 5.13. The number of hydrogen-bond acceptors (Lipinski definition) is 3. The number of phenolic OH excluding ortho intramolecular Hbond substituents is 1. The van der Waals surface area contributed by atoms with Crippen LogP contribution in [0.5, 0.6) is 5.75 Å². The number of nitrogens with one attached hydrogen (secondary N) is 1. The number of phenols is 1. The monoisotopic (exact) mass is 374 g/mol. The molecule has 5 nitrogen and oxygen atoms in total. The molecule has 5 heteroatoms. The van der Waals surface area contributed by atoms with E-state index in [1.54, 1.807) is 18.2 Å². The van der Waals surface area contributed by atoms with Crippen molar-refractivity contribution < 1.29 is 14.7 Å². The second-order valence-corrected chi connectivity index (χ2v) is 7.10. The van der Waals surface area contributed by atoms with Gasteiger partial charge in [0, 0.05) is 25.2 Å². The van der Waals surface area contributed by atoms with Gasteiger partial charge in [0.1, 0.15) is 5.75 Å². The Labute approximate surface area is 163 Å². The fourth-order valence-electron chi connectivity index (χ4n) is 3.60. The van der Waals surface area contributed by atoms with Crippen molar-refractivity contribution in [1.29, 1.82) is 0 Å². The van der Waals surface area contributed by atoms with E-state index in [2.05, 4.69) is 5.32 Å². The van der Waals surface area contributed by atoms with E-state index in [9.17, 15) is 14.7 Å². The van der Waals surface area contributed by atoms with Crippen LogP contribution in [0, 0.1) is 0 Å². The lowest BCUT2D eigenvalue weighted by Gasteiger charge is -2.16. The van der Waals surface area contributed by atoms with E-state index < -0.39 is 0 Å². The van der Waals surface area contributed by atoms with Gasteiger partial charge in [-0.15, -0.1) is 0 Å². The molecule has 28 heavy (non-hydrogen) atoms. The highest BCUT2D eigenvalue weighted by Gasteiger charge is 2.19. The Balaban J connectivity index is 1.47. The first-order valence-electron chi connectivity index (χ1n) is 9.50. The average molecular weight is 374 g/mol. The van der Waals surface area contributed by atoms with Crippen molar-refractivity contribution in [3.63, 3.8) is 0 Å². The Kier molecular flexibility index (Phi) is 4.98. The second-order valence-electron chi connectivity index (χ2n) is 7.10. The Morgan fingerprint density at radius 2 is 1.64 bits per heavy atom. The van der Waals surface area contributed by atoms with Gasteiger partial charge in [0.2, 0.25) is 0 Å². The van der Waals surface area contributed by atoms with Crippen LogP contribution in [0.3, 0.4) is 0 Å². The number of amides is 2. The average Bonchev–Trinajstić information content (AvgIpc) is 3.26. The van der Waals surface area contributed by atoms with Gasteiger partial charge >= 0.3 is 0 Å². The number of benzene rings is 3. The smallest absolute Gasteiger partial charge is 0.255 e. The molecule has 1 heterocycles. The summed E-state index contributed by atoms with van der Waals surface area (Å²) in [6.45, 7) is 1.90. The highest BCUT2D eigenvalue weighted by Crippen LogP contribution is 2.25. The van der Waals surface area contributed by atoms with Crippen LogP contribution in [0.15, 0.2) is 60.7 Å². The third-order valence-electron chi connectivity index (χ3n) is 5.13. The number of fused-ring (bicyclic) bond motifs is 1. The van der Waals surface area contributed by atoms with E-state index in [1.807, 2.05) is 47.4 Å². The van der Waals surface area contributed by atoms with Crippen LogP contribution in [0.25, 0.3) is 10.8 Å². The van der Waals surface area contributed by atoms with Crippen molar-refractivity contribution in [2.24, 2.45) is 0 Å². The number of aromatic hydroxyl groups is 1. The van der Waals surface area contributed by atoms with Crippen molar-refractivity contribution in [1.82, 2.24) is 10.2 Å². The molecule has 1 fully saturated rings. The van der Waals surface area contributed by atoms with Gasteiger partial charge in [-0.1, -0.05) is 36.4 Å². The molecule has 0 radical (unpaired) electrons. The maximum absolute atomic E-state index is 12.6. The predicted octanol–water partition coefficient (Wildman–Crippen LogP) is 3.71. The molecule has 0 unspecified atom stereocenters. The summed E-state index contributed by atoms with van der Waals surface area (Å²) in [6.07, 6.45) is 2.10. The summed E-state index contributed by atoms with van der Waals surface area (Å²) in [5.41, 5.74) is 1.73. The molecule has 1 aliphatic heterocycles. The predicted molar refractivity (Wildman–Crippen MR) is 108 cm³/mol. The van der Waals surface area contributed by atoms with Gasteiger partial charge in [0.25, 0.3) is 11.8 Å². The van der Waals surface area contributed by atoms with E-state index in [0.717, 1.165) is 42.3 Å². The molecule has 0 spiro atoms. The van der Waals surface area contributed by atoms with E-state index in [0.29, 0.717) is 5.56 Å². The van der Waals surface area contributed by atoms with Gasteiger partial charge in [-0.25, -0.2) is 0 Å². The first-order chi connectivity index (χ1) is 13.6. The molecular formula is C23H22N2O3. The Morgan fingerprint density at radius 1 is 0.929 bits per heavy atom.